The van der Waals surface area contributed by atoms with Crippen LogP contribution in [0.25, 0.3) is 10.9 Å². The monoisotopic (exact) mass is 278 g/mol. The van der Waals surface area contributed by atoms with Crippen LogP contribution < -0.4 is 0 Å². The maximum atomic E-state index is 10.8. The number of hydrogen-bond donors (Lipinski definition) is 1. The predicted octanol–water partition coefficient (Wildman–Crippen LogP) is 1.95. The standard InChI is InChI=1S/C13H14N2O3S/c1-19(16,17)18-6-2-3-11-9-15-13-5-4-10(8-14)7-12(11)13/h4-5,7,9,15H,2-3,6H2,1H3. The number of rotatable bonds is 5. The molecule has 5 nitrogen and oxygen atoms in total. The average Bonchev–Trinajstić information content (AvgIpc) is 2.76. The molecule has 0 aliphatic carbocycles. The van der Waals surface area contributed by atoms with Crippen LogP contribution in [-0.2, 0) is 20.7 Å². The molecule has 0 aliphatic rings. The van der Waals surface area contributed by atoms with Crippen LogP contribution in [0.2, 0.25) is 0 Å². The van der Waals surface area contributed by atoms with E-state index in [0.29, 0.717) is 18.4 Å². The lowest BCUT2D eigenvalue weighted by Crippen LogP contribution is -2.04. The van der Waals surface area contributed by atoms with E-state index in [1.54, 1.807) is 6.07 Å². The van der Waals surface area contributed by atoms with Crippen LogP contribution in [0.3, 0.4) is 0 Å². The van der Waals surface area contributed by atoms with E-state index in [9.17, 15) is 8.42 Å². The van der Waals surface area contributed by atoms with E-state index in [-0.39, 0.29) is 6.61 Å². The summed E-state index contributed by atoms with van der Waals surface area (Å²) < 4.78 is 26.3. The van der Waals surface area contributed by atoms with Crippen molar-refractivity contribution < 1.29 is 12.6 Å². The summed E-state index contributed by atoms with van der Waals surface area (Å²) in [6.45, 7) is 0.170. The van der Waals surface area contributed by atoms with Gasteiger partial charge in [0.05, 0.1) is 24.5 Å². The first-order valence-electron chi connectivity index (χ1n) is 5.84. The topological polar surface area (TPSA) is 83.0 Å². The third kappa shape index (κ3) is 3.56. The Morgan fingerprint density at radius 1 is 1.42 bits per heavy atom. The molecule has 6 heteroatoms. The molecule has 0 saturated heterocycles. The van der Waals surface area contributed by atoms with Gasteiger partial charge in [-0.1, -0.05) is 0 Å². The lowest BCUT2D eigenvalue weighted by molar-refractivity contribution is 0.316. The molecule has 19 heavy (non-hydrogen) atoms. The fraction of sp³-hybridized carbons (Fsp3) is 0.308. The van der Waals surface area contributed by atoms with Gasteiger partial charge in [-0.25, -0.2) is 0 Å². The fourth-order valence-electron chi connectivity index (χ4n) is 1.93. The molecule has 0 spiro atoms. The summed E-state index contributed by atoms with van der Waals surface area (Å²) in [6, 6.07) is 7.56. The van der Waals surface area contributed by atoms with E-state index < -0.39 is 10.1 Å². The molecule has 100 valence electrons. The zero-order chi connectivity index (χ0) is 13.9. The Morgan fingerprint density at radius 3 is 2.89 bits per heavy atom. The van der Waals surface area contributed by atoms with Crippen molar-refractivity contribution in [3.05, 3.63) is 35.5 Å². The van der Waals surface area contributed by atoms with Crippen LogP contribution in [0.4, 0.5) is 0 Å². The van der Waals surface area contributed by atoms with Gasteiger partial charge in [0.1, 0.15) is 0 Å². The van der Waals surface area contributed by atoms with Gasteiger partial charge in [-0.15, -0.1) is 0 Å². The van der Waals surface area contributed by atoms with Gasteiger partial charge in [-0.2, -0.15) is 13.7 Å². The SMILES string of the molecule is CS(=O)(=O)OCCCc1c[nH]c2ccc(C#N)cc12. The van der Waals surface area contributed by atoms with Crippen LogP contribution in [0, 0.1) is 11.3 Å². The van der Waals surface area contributed by atoms with Crippen molar-refractivity contribution in [3.63, 3.8) is 0 Å². The second-order valence-corrected chi connectivity index (χ2v) is 5.96. The number of nitrogens with zero attached hydrogens (tertiary/aromatic N) is 1. The molecule has 0 fully saturated rings. The molecule has 0 aliphatic heterocycles. The summed E-state index contributed by atoms with van der Waals surface area (Å²) >= 11 is 0. The van der Waals surface area contributed by atoms with Gasteiger partial charge in [0.2, 0.25) is 0 Å². The Kier molecular flexibility index (Phi) is 3.88. The van der Waals surface area contributed by atoms with Gasteiger partial charge in [0.25, 0.3) is 10.1 Å². The van der Waals surface area contributed by atoms with E-state index in [1.165, 1.54) is 0 Å². The van der Waals surface area contributed by atoms with Crippen LogP contribution in [-0.4, -0.2) is 26.3 Å². The first-order valence-corrected chi connectivity index (χ1v) is 7.66. The Labute approximate surface area is 111 Å². The minimum absolute atomic E-state index is 0.170. The predicted molar refractivity (Wildman–Crippen MR) is 72.1 cm³/mol. The third-order valence-electron chi connectivity index (χ3n) is 2.78. The van der Waals surface area contributed by atoms with Gasteiger partial charge < -0.3 is 4.98 Å². The molecule has 0 radical (unpaired) electrons. The van der Waals surface area contributed by atoms with Crippen molar-refractivity contribution in [2.24, 2.45) is 0 Å². The van der Waals surface area contributed by atoms with Gasteiger partial charge >= 0.3 is 0 Å². The summed E-state index contributed by atoms with van der Waals surface area (Å²) in [5, 5.41) is 9.88. The van der Waals surface area contributed by atoms with Crippen molar-refractivity contribution in [1.82, 2.24) is 4.98 Å². The summed E-state index contributed by atoms with van der Waals surface area (Å²) in [5.41, 5.74) is 2.64. The molecular weight excluding hydrogens is 264 g/mol. The average molecular weight is 278 g/mol. The fourth-order valence-corrected chi connectivity index (χ4v) is 2.35. The number of nitrogens with one attached hydrogen (secondary N) is 1. The molecule has 2 rings (SSSR count). The van der Waals surface area contributed by atoms with E-state index in [0.717, 1.165) is 22.7 Å². The molecule has 1 heterocycles. The van der Waals surface area contributed by atoms with E-state index in [1.807, 2.05) is 18.3 Å². The zero-order valence-corrected chi connectivity index (χ0v) is 11.3. The number of fused-ring (bicyclic) bond motifs is 1. The maximum absolute atomic E-state index is 10.8. The van der Waals surface area contributed by atoms with E-state index >= 15 is 0 Å². The minimum Gasteiger partial charge on any atom is -0.361 e. The molecule has 0 atom stereocenters. The lowest BCUT2D eigenvalue weighted by atomic mass is 10.1. The van der Waals surface area contributed by atoms with E-state index in [2.05, 4.69) is 11.1 Å². The number of nitriles is 1. The summed E-state index contributed by atoms with van der Waals surface area (Å²) in [7, 11) is -3.37. The third-order valence-corrected chi connectivity index (χ3v) is 3.38. The highest BCUT2D eigenvalue weighted by molar-refractivity contribution is 7.85. The number of aryl methyl sites for hydroxylation is 1. The zero-order valence-electron chi connectivity index (χ0n) is 10.5. The Hall–Kier alpha value is -1.84. The van der Waals surface area contributed by atoms with Crippen molar-refractivity contribution >= 4 is 21.0 Å². The summed E-state index contributed by atoms with van der Waals surface area (Å²) in [5.74, 6) is 0. The summed E-state index contributed by atoms with van der Waals surface area (Å²) in [6.07, 6.45) is 4.23. The molecule has 1 aromatic heterocycles. The number of benzene rings is 1. The Morgan fingerprint density at radius 2 is 2.21 bits per heavy atom. The second kappa shape index (κ2) is 5.43. The van der Waals surface area contributed by atoms with Crippen molar-refractivity contribution in [2.75, 3.05) is 12.9 Å². The Bertz CT molecular complexity index is 726. The molecular formula is C13H14N2O3S. The van der Waals surface area contributed by atoms with Gasteiger partial charge in [-0.3, -0.25) is 4.18 Å². The highest BCUT2D eigenvalue weighted by Crippen LogP contribution is 2.20. The number of aromatic amines is 1. The van der Waals surface area contributed by atoms with Crippen LogP contribution in [0.5, 0.6) is 0 Å². The van der Waals surface area contributed by atoms with Crippen LogP contribution in [0.1, 0.15) is 17.5 Å². The van der Waals surface area contributed by atoms with Crippen LogP contribution in [0.15, 0.2) is 24.4 Å². The highest BCUT2D eigenvalue weighted by Gasteiger charge is 2.06. The van der Waals surface area contributed by atoms with Gasteiger partial charge in [-0.05, 0) is 36.6 Å². The molecule has 0 bridgehead atoms. The highest BCUT2D eigenvalue weighted by atomic mass is 32.2. The molecule has 2 aromatic rings. The molecule has 1 aromatic carbocycles. The lowest BCUT2D eigenvalue weighted by Gasteiger charge is -2.01. The largest absolute Gasteiger partial charge is 0.361 e. The molecule has 0 amide bonds. The second-order valence-electron chi connectivity index (χ2n) is 4.32. The van der Waals surface area contributed by atoms with Crippen LogP contribution >= 0.6 is 0 Å². The maximum Gasteiger partial charge on any atom is 0.264 e. The quantitative estimate of drug-likeness (QED) is 0.669. The minimum atomic E-state index is -3.37. The van der Waals surface area contributed by atoms with Crippen molar-refractivity contribution in [2.45, 2.75) is 12.8 Å². The molecule has 1 N–H and O–H groups in total. The van der Waals surface area contributed by atoms with E-state index in [4.69, 9.17) is 9.44 Å². The normalized spacial score (nSPS) is 11.6. The molecule has 0 unspecified atom stereocenters. The van der Waals surface area contributed by atoms with Gasteiger partial charge in [0, 0.05) is 17.1 Å². The number of hydrogen-bond acceptors (Lipinski definition) is 4. The Balaban J connectivity index is 2.07. The first-order chi connectivity index (χ1) is 8.99. The summed E-state index contributed by atoms with van der Waals surface area (Å²) in [4.78, 5) is 3.13. The first kappa shape index (κ1) is 13.6. The number of H-pyrrole nitrogens is 1. The van der Waals surface area contributed by atoms with Crippen molar-refractivity contribution in [1.29, 1.82) is 5.26 Å². The number of aromatic nitrogens is 1. The smallest absolute Gasteiger partial charge is 0.264 e. The van der Waals surface area contributed by atoms with Gasteiger partial charge in [0.15, 0.2) is 0 Å². The van der Waals surface area contributed by atoms with Crippen molar-refractivity contribution in [3.8, 4) is 6.07 Å². The molecule has 0 saturated carbocycles.